The van der Waals surface area contributed by atoms with Crippen molar-refractivity contribution in [1.82, 2.24) is 5.32 Å². The molecule has 0 aromatic carbocycles. The van der Waals surface area contributed by atoms with Gasteiger partial charge in [-0.05, 0) is 19.9 Å². The van der Waals surface area contributed by atoms with E-state index in [1.165, 1.54) is 6.26 Å². The van der Waals surface area contributed by atoms with E-state index in [1.54, 1.807) is 7.05 Å². The molecule has 0 radical (unpaired) electrons. The highest BCUT2D eigenvalue weighted by molar-refractivity contribution is 7.92. The average Bonchev–Trinajstić information content (AvgIpc) is 2.36. The maximum absolute atomic E-state index is 11.5. The third-order valence-electron chi connectivity index (χ3n) is 2.43. The Morgan fingerprint density at radius 1 is 1.42 bits per heavy atom. The van der Waals surface area contributed by atoms with Crippen LogP contribution in [-0.2, 0) is 9.84 Å². The van der Waals surface area contributed by atoms with Gasteiger partial charge in [-0.15, -0.1) is 0 Å². The Bertz CT molecular complexity index is 271. The van der Waals surface area contributed by atoms with E-state index >= 15 is 0 Å². The molecule has 0 bridgehead atoms. The first-order valence-electron chi connectivity index (χ1n) is 4.01. The van der Waals surface area contributed by atoms with E-state index in [0.717, 1.165) is 0 Å². The normalized spacial score (nSPS) is 21.5. The lowest BCUT2D eigenvalue weighted by Gasteiger charge is -2.26. The summed E-state index contributed by atoms with van der Waals surface area (Å²) in [4.78, 5) is 0. The monoisotopic (exact) mass is 189 g/mol. The zero-order valence-electron chi connectivity index (χ0n) is 7.50. The third-order valence-corrected chi connectivity index (χ3v) is 4.48. The molecule has 1 rings (SSSR count). The van der Waals surface area contributed by atoms with E-state index in [1.807, 2.05) is 12.2 Å². The van der Waals surface area contributed by atoms with Gasteiger partial charge in [0.05, 0.1) is 4.75 Å². The molecule has 0 aromatic heterocycles. The van der Waals surface area contributed by atoms with Crippen LogP contribution >= 0.6 is 0 Å². The molecule has 0 aromatic rings. The van der Waals surface area contributed by atoms with E-state index < -0.39 is 14.6 Å². The molecule has 0 amide bonds. The standard InChI is InChI=1S/C8H15NO2S/c1-9-7-8(12(2,10)11)5-3-4-6-8/h3-4,9H,5-7H2,1-2H3. The number of hydrogen-bond acceptors (Lipinski definition) is 3. The highest BCUT2D eigenvalue weighted by Gasteiger charge is 2.40. The average molecular weight is 189 g/mol. The van der Waals surface area contributed by atoms with Crippen molar-refractivity contribution < 1.29 is 8.42 Å². The highest BCUT2D eigenvalue weighted by atomic mass is 32.2. The first-order valence-corrected chi connectivity index (χ1v) is 5.90. The van der Waals surface area contributed by atoms with Crippen molar-refractivity contribution in [2.75, 3.05) is 19.8 Å². The molecule has 1 aliphatic rings. The molecule has 4 heteroatoms. The zero-order chi connectivity index (χ0) is 9.24. The van der Waals surface area contributed by atoms with E-state index in [0.29, 0.717) is 19.4 Å². The van der Waals surface area contributed by atoms with Crippen molar-refractivity contribution >= 4 is 9.84 Å². The molecule has 0 atom stereocenters. The summed E-state index contributed by atoms with van der Waals surface area (Å²) in [6.45, 7) is 0.541. The Morgan fingerprint density at radius 2 is 1.92 bits per heavy atom. The van der Waals surface area contributed by atoms with Gasteiger partial charge in [0.1, 0.15) is 0 Å². The first kappa shape index (κ1) is 9.74. The lowest BCUT2D eigenvalue weighted by atomic mass is 10.1. The van der Waals surface area contributed by atoms with Gasteiger partial charge in [-0.1, -0.05) is 12.2 Å². The molecule has 12 heavy (non-hydrogen) atoms. The zero-order valence-corrected chi connectivity index (χ0v) is 8.32. The first-order chi connectivity index (χ1) is 5.52. The number of allylic oxidation sites excluding steroid dienone is 2. The number of nitrogens with one attached hydrogen (secondary N) is 1. The van der Waals surface area contributed by atoms with Gasteiger partial charge in [0, 0.05) is 12.8 Å². The smallest absolute Gasteiger partial charge is 0.155 e. The van der Waals surface area contributed by atoms with Crippen molar-refractivity contribution in [1.29, 1.82) is 0 Å². The second kappa shape index (κ2) is 3.18. The molecule has 1 aliphatic carbocycles. The molecule has 0 heterocycles. The topological polar surface area (TPSA) is 46.2 Å². The summed E-state index contributed by atoms with van der Waals surface area (Å²) in [5.74, 6) is 0. The molecule has 3 nitrogen and oxygen atoms in total. The summed E-state index contributed by atoms with van der Waals surface area (Å²) in [5.41, 5.74) is 0. The molecule has 70 valence electrons. The second-order valence-electron chi connectivity index (χ2n) is 3.37. The maximum atomic E-state index is 11.5. The molecular formula is C8H15NO2S. The van der Waals surface area contributed by atoms with Crippen molar-refractivity contribution in [2.45, 2.75) is 17.6 Å². The predicted octanol–water partition coefficient (Wildman–Crippen LogP) is 0.339. The van der Waals surface area contributed by atoms with E-state index in [4.69, 9.17) is 0 Å². The van der Waals surface area contributed by atoms with Gasteiger partial charge in [0.25, 0.3) is 0 Å². The molecule has 1 N–H and O–H groups in total. The van der Waals surface area contributed by atoms with Crippen LogP contribution in [0, 0.1) is 0 Å². The summed E-state index contributed by atoms with van der Waals surface area (Å²) in [6.07, 6.45) is 6.49. The third kappa shape index (κ3) is 1.54. The molecule has 0 spiro atoms. The Labute approximate surface area is 73.8 Å². The van der Waals surface area contributed by atoms with Gasteiger partial charge in [-0.3, -0.25) is 0 Å². The lowest BCUT2D eigenvalue weighted by molar-refractivity contribution is 0.507. The minimum atomic E-state index is -2.95. The minimum absolute atomic E-state index is 0.541. The van der Waals surface area contributed by atoms with Crippen LogP contribution in [-0.4, -0.2) is 33.0 Å². The summed E-state index contributed by atoms with van der Waals surface area (Å²) >= 11 is 0. The van der Waals surface area contributed by atoms with E-state index in [-0.39, 0.29) is 0 Å². The van der Waals surface area contributed by atoms with E-state index in [2.05, 4.69) is 5.32 Å². The van der Waals surface area contributed by atoms with Gasteiger partial charge >= 0.3 is 0 Å². The van der Waals surface area contributed by atoms with Crippen LogP contribution in [0.4, 0.5) is 0 Å². The fraction of sp³-hybridized carbons (Fsp3) is 0.750. The van der Waals surface area contributed by atoms with Gasteiger partial charge in [-0.25, -0.2) is 8.42 Å². The van der Waals surface area contributed by atoms with Crippen LogP contribution in [0.2, 0.25) is 0 Å². The number of rotatable bonds is 3. The van der Waals surface area contributed by atoms with Crippen LogP contribution in [0.3, 0.4) is 0 Å². The summed E-state index contributed by atoms with van der Waals surface area (Å²) in [7, 11) is -1.17. The molecular weight excluding hydrogens is 174 g/mol. The van der Waals surface area contributed by atoms with Crippen LogP contribution in [0.5, 0.6) is 0 Å². The summed E-state index contributed by atoms with van der Waals surface area (Å²) in [6, 6.07) is 0. The van der Waals surface area contributed by atoms with Crippen molar-refractivity contribution in [3.63, 3.8) is 0 Å². The van der Waals surface area contributed by atoms with Crippen LogP contribution < -0.4 is 5.32 Å². The molecule has 0 fully saturated rings. The molecule has 0 aliphatic heterocycles. The highest BCUT2D eigenvalue weighted by Crippen LogP contribution is 2.30. The van der Waals surface area contributed by atoms with E-state index in [9.17, 15) is 8.42 Å². The Morgan fingerprint density at radius 3 is 2.25 bits per heavy atom. The predicted molar refractivity (Wildman–Crippen MR) is 49.9 cm³/mol. The second-order valence-corrected chi connectivity index (χ2v) is 5.78. The lowest BCUT2D eigenvalue weighted by Crippen LogP contribution is -2.43. The SMILES string of the molecule is CNCC1(S(C)(=O)=O)CC=CC1. The number of hydrogen-bond donors (Lipinski definition) is 1. The largest absolute Gasteiger partial charge is 0.318 e. The summed E-state index contributed by atoms with van der Waals surface area (Å²) in [5, 5.41) is 2.94. The van der Waals surface area contributed by atoms with Gasteiger partial charge in [0.2, 0.25) is 0 Å². The van der Waals surface area contributed by atoms with Crippen molar-refractivity contribution in [2.24, 2.45) is 0 Å². The number of sulfone groups is 1. The fourth-order valence-corrected chi connectivity index (χ4v) is 2.78. The molecule has 0 saturated heterocycles. The Hall–Kier alpha value is -0.350. The van der Waals surface area contributed by atoms with Crippen LogP contribution in [0.25, 0.3) is 0 Å². The Kier molecular flexibility index (Phi) is 2.58. The van der Waals surface area contributed by atoms with Crippen LogP contribution in [0.15, 0.2) is 12.2 Å². The van der Waals surface area contributed by atoms with Crippen molar-refractivity contribution in [3.05, 3.63) is 12.2 Å². The van der Waals surface area contributed by atoms with Gasteiger partial charge in [-0.2, -0.15) is 0 Å². The summed E-state index contributed by atoms with van der Waals surface area (Å²) < 4.78 is 22.4. The van der Waals surface area contributed by atoms with Crippen LogP contribution in [0.1, 0.15) is 12.8 Å². The Balaban J connectivity index is 2.89. The molecule has 0 saturated carbocycles. The maximum Gasteiger partial charge on any atom is 0.155 e. The van der Waals surface area contributed by atoms with Gasteiger partial charge < -0.3 is 5.32 Å². The molecule has 0 unspecified atom stereocenters. The van der Waals surface area contributed by atoms with Gasteiger partial charge in [0.15, 0.2) is 9.84 Å². The fourth-order valence-electron chi connectivity index (χ4n) is 1.58. The minimum Gasteiger partial charge on any atom is -0.318 e. The van der Waals surface area contributed by atoms with Crippen molar-refractivity contribution in [3.8, 4) is 0 Å². The quantitative estimate of drug-likeness (QED) is 0.651.